The highest BCUT2D eigenvalue weighted by Gasteiger charge is 2.44. The van der Waals surface area contributed by atoms with Gasteiger partial charge in [0.2, 0.25) is 0 Å². The number of nitrogens with one attached hydrogen (secondary N) is 1. The average molecular weight is 264 g/mol. The van der Waals surface area contributed by atoms with Crippen LogP contribution >= 0.6 is 11.6 Å². The summed E-state index contributed by atoms with van der Waals surface area (Å²) in [4.78, 5) is 7.17. The molecule has 1 saturated carbocycles. The molecule has 4 rings (SSSR count). The summed E-state index contributed by atoms with van der Waals surface area (Å²) in [6, 6.07) is 3.37. The minimum absolute atomic E-state index is 0.638. The lowest BCUT2D eigenvalue weighted by Gasteiger charge is -2.39. The second-order valence-corrected chi connectivity index (χ2v) is 6.25. The minimum atomic E-state index is 0.638. The summed E-state index contributed by atoms with van der Waals surface area (Å²) in [5.41, 5.74) is 1.12. The average Bonchev–Trinajstić information content (AvgIpc) is 2.77. The molecule has 2 fully saturated rings. The maximum atomic E-state index is 6.04. The van der Waals surface area contributed by atoms with Gasteiger partial charge in [0.15, 0.2) is 5.82 Å². The molecule has 3 unspecified atom stereocenters. The van der Waals surface area contributed by atoms with Crippen molar-refractivity contribution in [2.24, 2.45) is 5.92 Å². The van der Waals surface area contributed by atoms with E-state index in [1.165, 1.54) is 32.1 Å². The van der Waals surface area contributed by atoms with Gasteiger partial charge in [0, 0.05) is 24.8 Å². The van der Waals surface area contributed by atoms with Crippen LogP contribution in [-0.2, 0) is 0 Å². The van der Waals surface area contributed by atoms with Crippen molar-refractivity contribution >= 4 is 23.1 Å². The molecule has 2 aliphatic heterocycles. The van der Waals surface area contributed by atoms with Crippen molar-refractivity contribution in [1.29, 1.82) is 0 Å². The molecular formula is C14H18ClN3. The summed E-state index contributed by atoms with van der Waals surface area (Å²) in [6.45, 7) is 1.04. The van der Waals surface area contributed by atoms with E-state index in [1.54, 1.807) is 6.20 Å². The zero-order chi connectivity index (χ0) is 12.1. The maximum absolute atomic E-state index is 6.04. The van der Waals surface area contributed by atoms with Gasteiger partial charge in [0.1, 0.15) is 0 Å². The van der Waals surface area contributed by atoms with E-state index in [4.69, 9.17) is 11.6 Å². The molecule has 3 aliphatic rings. The second-order valence-electron chi connectivity index (χ2n) is 5.81. The van der Waals surface area contributed by atoms with Gasteiger partial charge in [-0.1, -0.05) is 24.4 Å². The normalized spacial score (nSPS) is 33.4. The molecule has 1 aromatic heterocycles. The molecule has 0 spiro atoms. The molecule has 96 valence electrons. The fraction of sp³-hybridized carbons (Fsp3) is 0.643. The van der Waals surface area contributed by atoms with Crippen LogP contribution in [0.1, 0.15) is 32.1 Å². The van der Waals surface area contributed by atoms with Gasteiger partial charge in [0.05, 0.1) is 10.7 Å². The summed E-state index contributed by atoms with van der Waals surface area (Å²) < 4.78 is 0. The van der Waals surface area contributed by atoms with Crippen LogP contribution in [0.4, 0.5) is 11.5 Å². The number of halogens is 1. The Balaban J connectivity index is 1.75. The topological polar surface area (TPSA) is 28.2 Å². The third-order valence-electron chi connectivity index (χ3n) is 4.80. The van der Waals surface area contributed by atoms with Crippen molar-refractivity contribution in [1.82, 2.24) is 4.98 Å². The number of anilines is 2. The molecule has 1 saturated heterocycles. The molecule has 3 atom stereocenters. The lowest BCUT2D eigenvalue weighted by molar-refractivity contribution is 0.341. The van der Waals surface area contributed by atoms with Crippen molar-refractivity contribution in [2.45, 2.75) is 44.2 Å². The Labute approximate surface area is 113 Å². The van der Waals surface area contributed by atoms with Crippen LogP contribution in [0.5, 0.6) is 0 Å². The predicted molar refractivity (Wildman–Crippen MR) is 74.4 cm³/mol. The molecular weight excluding hydrogens is 246 g/mol. The summed E-state index contributed by atoms with van der Waals surface area (Å²) in [6.07, 6.45) is 8.64. The Morgan fingerprint density at radius 2 is 2.22 bits per heavy atom. The van der Waals surface area contributed by atoms with Crippen molar-refractivity contribution < 1.29 is 0 Å². The number of pyridine rings is 1. The van der Waals surface area contributed by atoms with Gasteiger partial charge in [-0.3, -0.25) is 0 Å². The second kappa shape index (κ2) is 4.02. The quantitative estimate of drug-likeness (QED) is 0.779. The molecule has 1 aromatic rings. The fourth-order valence-corrected chi connectivity index (χ4v) is 4.23. The predicted octanol–water partition coefficient (Wildman–Crippen LogP) is 3.30. The number of aromatic nitrogens is 1. The third kappa shape index (κ3) is 1.53. The molecule has 3 heterocycles. The van der Waals surface area contributed by atoms with Gasteiger partial charge in [-0.2, -0.15) is 0 Å². The van der Waals surface area contributed by atoms with Gasteiger partial charge in [-0.25, -0.2) is 4.98 Å². The van der Waals surface area contributed by atoms with Crippen LogP contribution in [0.15, 0.2) is 12.3 Å². The van der Waals surface area contributed by atoms with E-state index in [1.807, 2.05) is 6.07 Å². The first-order chi connectivity index (χ1) is 8.83. The van der Waals surface area contributed by atoms with E-state index in [9.17, 15) is 0 Å². The van der Waals surface area contributed by atoms with Crippen molar-refractivity contribution in [3.63, 3.8) is 0 Å². The monoisotopic (exact) mass is 263 g/mol. The highest BCUT2D eigenvalue weighted by Crippen LogP contribution is 2.45. The molecule has 4 heteroatoms. The number of rotatable bonds is 0. The van der Waals surface area contributed by atoms with E-state index in [-0.39, 0.29) is 0 Å². The fourth-order valence-electron chi connectivity index (χ4n) is 4.07. The Morgan fingerprint density at radius 1 is 1.33 bits per heavy atom. The zero-order valence-electron chi connectivity index (χ0n) is 10.4. The Kier molecular flexibility index (Phi) is 2.44. The highest BCUT2D eigenvalue weighted by molar-refractivity contribution is 6.30. The van der Waals surface area contributed by atoms with Crippen LogP contribution < -0.4 is 10.2 Å². The maximum Gasteiger partial charge on any atom is 0.152 e. The van der Waals surface area contributed by atoms with E-state index in [0.29, 0.717) is 6.04 Å². The number of fused-ring (bicyclic) bond motifs is 5. The standard InChI is InChI=1S/C14H18ClN3/c15-10-6-12-14(17-7-10)18-11(8-16-12)5-9-3-1-2-4-13(9)18/h6-7,9,11,13,16H,1-5,8H2. The molecule has 1 aliphatic carbocycles. The Hall–Kier alpha value is -0.960. The van der Waals surface area contributed by atoms with Crippen molar-refractivity contribution in [3.8, 4) is 0 Å². The van der Waals surface area contributed by atoms with Gasteiger partial charge < -0.3 is 10.2 Å². The lowest BCUT2D eigenvalue weighted by atomic mass is 9.85. The Morgan fingerprint density at radius 3 is 3.17 bits per heavy atom. The summed E-state index contributed by atoms with van der Waals surface area (Å²) >= 11 is 6.04. The highest BCUT2D eigenvalue weighted by atomic mass is 35.5. The molecule has 0 aromatic carbocycles. The minimum Gasteiger partial charge on any atom is -0.380 e. The molecule has 0 amide bonds. The van der Waals surface area contributed by atoms with Gasteiger partial charge >= 0.3 is 0 Å². The lowest BCUT2D eigenvalue weighted by Crippen LogP contribution is -2.45. The van der Waals surface area contributed by atoms with Crippen molar-refractivity contribution in [3.05, 3.63) is 17.3 Å². The number of hydrogen-bond acceptors (Lipinski definition) is 3. The first-order valence-corrected chi connectivity index (χ1v) is 7.38. The SMILES string of the molecule is Clc1cnc2c(c1)NCC1CC3CCCCC3N21. The zero-order valence-corrected chi connectivity index (χ0v) is 11.2. The summed E-state index contributed by atoms with van der Waals surface area (Å²) in [5, 5.41) is 4.22. The van der Waals surface area contributed by atoms with Crippen LogP contribution in [0.3, 0.4) is 0 Å². The molecule has 1 N–H and O–H groups in total. The van der Waals surface area contributed by atoms with Gasteiger partial charge in [-0.15, -0.1) is 0 Å². The van der Waals surface area contributed by atoms with E-state index in [2.05, 4.69) is 15.2 Å². The largest absolute Gasteiger partial charge is 0.380 e. The number of hydrogen-bond donors (Lipinski definition) is 1. The first kappa shape index (κ1) is 10.9. The van der Waals surface area contributed by atoms with Gasteiger partial charge in [0.25, 0.3) is 0 Å². The van der Waals surface area contributed by atoms with Crippen LogP contribution in [-0.4, -0.2) is 23.6 Å². The van der Waals surface area contributed by atoms with Crippen LogP contribution in [0.25, 0.3) is 0 Å². The third-order valence-corrected chi connectivity index (χ3v) is 5.01. The summed E-state index contributed by atoms with van der Waals surface area (Å²) in [5.74, 6) is 2.01. The van der Waals surface area contributed by atoms with Crippen LogP contribution in [0, 0.1) is 5.92 Å². The molecule has 3 nitrogen and oxygen atoms in total. The van der Waals surface area contributed by atoms with E-state index < -0.39 is 0 Å². The van der Waals surface area contributed by atoms with Crippen LogP contribution in [0.2, 0.25) is 5.02 Å². The molecule has 18 heavy (non-hydrogen) atoms. The van der Waals surface area contributed by atoms with E-state index in [0.717, 1.165) is 35.0 Å². The number of nitrogens with zero attached hydrogens (tertiary/aromatic N) is 2. The molecule has 0 radical (unpaired) electrons. The summed E-state index contributed by atoms with van der Waals surface area (Å²) in [7, 11) is 0. The van der Waals surface area contributed by atoms with Crippen molar-refractivity contribution in [2.75, 3.05) is 16.8 Å². The smallest absolute Gasteiger partial charge is 0.152 e. The van der Waals surface area contributed by atoms with Gasteiger partial charge in [-0.05, 0) is 31.2 Å². The first-order valence-electron chi connectivity index (χ1n) is 7.00. The molecule has 0 bridgehead atoms. The van der Waals surface area contributed by atoms with E-state index >= 15 is 0 Å². The Bertz CT molecular complexity index is 476.